The van der Waals surface area contributed by atoms with Crippen LogP contribution in [0.25, 0.3) is 21.7 Å². The Balaban J connectivity index is 1.45. The maximum absolute atomic E-state index is 4.75. The second-order valence-electron chi connectivity index (χ2n) is 6.01. The molecule has 0 aliphatic carbocycles. The Morgan fingerprint density at radius 2 is 2.00 bits per heavy atom. The Hall–Kier alpha value is -2.25. The number of aromatic amines is 1. The molecule has 1 aromatic carbocycles. The van der Waals surface area contributed by atoms with E-state index in [1.165, 1.54) is 17.5 Å². The molecular formula is C18H17N5S2. The van der Waals surface area contributed by atoms with Crippen LogP contribution in [-0.2, 0) is 5.75 Å². The van der Waals surface area contributed by atoms with Crippen LogP contribution in [0.3, 0.4) is 0 Å². The molecule has 0 fully saturated rings. The third-order valence-electron chi connectivity index (χ3n) is 3.87. The van der Waals surface area contributed by atoms with Crippen molar-refractivity contribution < 1.29 is 0 Å². The van der Waals surface area contributed by atoms with E-state index in [0.717, 1.165) is 27.1 Å². The van der Waals surface area contributed by atoms with Crippen molar-refractivity contribution in [1.29, 1.82) is 0 Å². The van der Waals surface area contributed by atoms with Gasteiger partial charge in [0.2, 0.25) is 0 Å². The summed E-state index contributed by atoms with van der Waals surface area (Å²) >= 11 is 3.30. The van der Waals surface area contributed by atoms with Gasteiger partial charge in [0, 0.05) is 16.7 Å². The van der Waals surface area contributed by atoms with Crippen molar-refractivity contribution >= 4 is 34.3 Å². The van der Waals surface area contributed by atoms with Crippen molar-refractivity contribution in [2.45, 2.75) is 30.7 Å². The molecule has 0 atom stereocenters. The smallest absolute Gasteiger partial charge is 0.181 e. The van der Waals surface area contributed by atoms with Crippen LogP contribution in [0.15, 0.2) is 47.3 Å². The van der Waals surface area contributed by atoms with E-state index >= 15 is 0 Å². The zero-order chi connectivity index (χ0) is 17.2. The highest BCUT2D eigenvalue weighted by molar-refractivity contribution is 7.98. The Kier molecular flexibility index (Phi) is 4.50. The zero-order valence-corrected chi connectivity index (χ0v) is 15.6. The van der Waals surface area contributed by atoms with Gasteiger partial charge in [-0.2, -0.15) is 0 Å². The van der Waals surface area contributed by atoms with E-state index in [9.17, 15) is 0 Å². The van der Waals surface area contributed by atoms with Crippen molar-refractivity contribution in [3.8, 4) is 10.6 Å². The molecule has 0 saturated heterocycles. The van der Waals surface area contributed by atoms with E-state index in [-0.39, 0.29) is 0 Å². The Morgan fingerprint density at radius 1 is 1.16 bits per heavy atom. The van der Waals surface area contributed by atoms with E-state index in [2.05, 4.69) is 63.4 Å². The number of thiazole rings is 1. The van der Waals surface area contributed by atoms with Crippen LogP contribution in [0.4, 0.5) is 0 Å². The van der Waals surface area contributed by atoms with E-state index in [0.29, 0.717) is 11.6 Å². The molecule has 0 aliphatic heterocycles. The van der Waals surface area contributed by atoms with Gasteiger partial charge in [-0.05, 0) is 11.5 Å². The molecule has 0 aliphatic rings. The molecule has 3 heterocycles. The topological polar surface area (TPSA) is 67.3 Å². The summed E-state index contributed by atoms with van der Waals surface area (Å²) in [5, 5.41) is 4.01. The quantitative estimate of drug-likeness (QED) is 0.509. The average molecular weight is 368 g/mol. The maximum Gasteiger partial charge on any atom is 0.181 e. The van der Waals surface area contributed by atoms with Gasteiger partial charge in [0.25, 0.3) is 0 Å². The lowest BCUT2D eigenvalue weighted by Crippen LogP contribution is -1.87. The van der Waals surface area contributed by atoms with Gasteiger partial charge in [0.1, 0.15) is 16.9 Å². The number of thioether (sulfide) groups is 1. The minimum absolute atomic E-state index is 0.547. The molecule has 0 bridgehead atoms. The minimum atomic E-state index is 0.547. The molecule has 1 N–H and O–H groups in total. The van der Waals surface area contributed by atoms with Crippen molar-refractivity contribution in [2.75, 3.05) is 0 Å². The number of rotatable bonds is 5. The van der Waals surface area contributed by atoms with Gasteiger partial charge in [-0.15, -0.1) is 11.3 Å². The molecule has 7 heteroatoms. The van der Waals surface area contributed by atoms with Crippen LogP contribution >= 0.6 is 23.1 Å². The van der Waals surface area contributed by atoms with Gasteiger partial charge in [0.15, 0.2) is 10.8 Å². The van der Waals surface area contributed by atoms with Gasteiger partial charge >= 0.3 is 0 Å². The highest BCUT2D eigenvalue weighted by atomic mass is 32.2. The Morgan fingerprint density at radius 3 is 2.76 bits per heavy atom. The average Bonchev–Trinajstić information content (AvgIpc) is 3.26. The molecule has 0 spiro atoms. The lowest BCUT2D eigenvalue weighted by atomic mass is 10.0. The van der Waals surface area contributed by atoms with Crippen molar-refractivity contribution in [1.82, 2.24) is 24.9 Å². The fourth-order valence-corrected chi connectivity index (χ4v) is 4.16. The van der Waals surface area contributed by atoms with Gasteiger partial charge in [0.05, 0.1) is 11.9 Å². The number of imidazole rings is 1. The lowest BCUT2D eigenvalue weighted by molar-refractivity contribution is 0.867. The summed E-state index contributed by atoms with van der Waals surface area (Å²) in [7, 11) is 0. The summed E-state index contributed by atoms with van der Waals surface area (Å²) in [6.07, 6.45) is 3.25. The molecule has 0 saturated carbocycles. The summed E-state index contributed by atoms with van der Waals surface area (Å²) in [5.41, 5.74) is 5.13. The van der Waals surface area contributed by atoms with Gasteiger partial charge in [-0.1, -0.05) is 49.9 Å². The lowest BCUT2D eigenvalue weighted by Gasteiger charge is -2.05. The molecule has 4 aromatic rings. The van der Waals surface area contributed by atoms with E-state index < -0.39 is 0 Å². The highest BCUT2D eigenvalue weighted by Gasteiger charge is 2.09. The summed E-state index contributed by atoms with van der Waals surface area (Å²) < 4.78 is 0. The fourth-order valence-electron chi connectivity index (χ4n) is 2.47. The number of nitrogens with zero attached hydrogens (tertiary/aromatic N) is 4. The van der Waals surface area contributed by atoms with Gasteiger partial charge in [-0.3, -0.25) is 0 Å². The largest absolute Gasteiger partial charge is 0.330 e. The third kappa shape index (κ3) is 3.57. The number of aromatic nitrogens is 5. The molecule has 0 unspecified atom stereocenters. The first-order valence-corrected chi connectivity index (χ1v) is 9.89. The first-order chi connectivity index (χ1) is 12.2. The molecule has 126 valence electrons. The van der Waals surface area contributed by atoms with Crippen LogP contribution in [-0.4, -0.2) is 24.9 Å². The highest BCUT2D eigenvalue weighted by Crippen LogP contribution is 2.28. The fraction of sp³-hybridized carbons (Fsp3) is 0.222. The Labute approximate surface area is 154 Å². The van der Waals surface area contributed by atoms with E-state index in [1.807, 2.05) is 0 Å². The number of nitrogens with one attached hydrogen (secondary N) is 1. The molecule has 4 rings (SSSR count). The number of fused-ring (bicyclic) bond motifs is 1. The standard InChI is InChI=1S/C18H17N5S2/c1-11(2)12-3-5-13(6-4-12)17-21-14(8-24-17)9-25-18-22-15-7-19-10-20-16(15)23-18/h3-8,10-11H,9H2,1-2H3,(H,19,20,22,23). The number of hydrogen-bond donors (Lipinski definition) is 1. The first-order valence-electron chi connectivity index (χ1n) is 8.02. The molecule has 0 radical (unpaired) electrons. The summed E-state index contributed by atoms with van der Waals surface area (Å²) in [5.74, 6) is 1.32. The van der Waals surface area contributed by atoms with E-state index in [1.54, 1.807) is 29.3 Å². The second kappa shape index (κ2) is 6.93. The summed E-state index contributed by atoms with van der Waals surface area (Å²) in [6, 6.07) is 8.68. The van der Waals surface area contributed by atoms with E-state index in [4.69, 9.17) is 4.98 Å². The predicted molar refractivity (Wildman–Crippen MR) is 103 cm³/mol. The third-order valence-corrected chi connectivity index (χ3v) is 5.72. The van der Waals surface area contributed by atoms with Crippen LogP contribution in [0.1, 0.15) is 31.0 Å². The maximum atomic E-state index is 4.75. The monoisotopic (exact) mass is 367 g/mol. The number of H-pyrrole nitrogens is 1. The zero-order valence-electron chi connectivity index (χ0n) is 13.9. The van der Waals surface area contributed by atoms with Crippen LogP contribution in [0.2, 0.25) is 0 Å². The second-order valence-corrected chi connectivity index (χ2v) is 7.83. The molecule has 25 heavy (non-hydrogen) atoms. The SMILES string of the molecule is CC(C)c1ccc(-c2nc(CSc3nc4ncncc4[nH]3)cs2)cc1. The summed E-state index contributed by atoms with van der Waals surface area (Å²) in [4.78, 5) is 20.6. The van der Waals surface area contributed by atoms with Crippen molar-refractivity contribution in [2.24, 2.45) is 0 Å². The molecule has 0 amide bonds. The van der Waals surface area contributed by atoms with Crippen molar-refractivity contribution in [3.05, 3.63) is 53.4 Å². The molecular weight excluding hydrogens is 350 g/mol. The number of hydrogen-bond acceptors (Lipinski definition) is 6. The normalized spacial score (nSPS) is 11.5. The van der Waals surface area contributed by atoms with Crippen LogP contribution in [0.5, 0.6) is 0 Å². The minimum Gasteiger partial charge on any atom is -0.330 e. The van der Waals surface area contributed by atoms with Gasteiger partial charge in [-0.25, -0.2) is 19.9 Å². The van der Waals surface area contributed by atoms with Crippen molar-refractivity contribution in [3.63, 3.8) is 0 Å². The molecule has 5 nitrogen and oxygen atoms in total. The number of benzene rings is 1. The van der Waals surface area contributed by atoms with Crippen LogP contribution < -0.4 is 0 Å². The Bertz CT molecular complexity index is 955. The first kappa shape index (κ1) is 16.2. The van der Waals surface area contributed by atoms with Crippen LogP contribution in [0, 0.1) is 0 Å². The predicted octanol–water partition coefficient (Wildman–Crippen LogP) is 4.89. The molecule has 3 aromatic heterocycles. The van der Waals surface area contributed by atoms with Gasteiger partial charge < -0.3 is 4.98 Å². The summed E-state index contributed by atoms with van der Waals surface area (Å²) in [6.45, 7) is 4.41.